The van der Waals surface area contributed by atoms with E-state index in [9.17, 15) is 19.3 Å². The summed E-state index contributed by atoms with van der Waals surface area (Å²) in [5.41, 5.74) is 2.38. The molecule has 2 aromatic heterocycles. The summed E-state index contributed by atoms with van der Waals surface area (Å²) < 4.78 is 16.1. The largest absolute Gasteiger partial charge is 0.365 e. The summed E-state index contributed by atoms with van der Waals surface area (Å²) in [4.78, 5) is 29.3. The van der Waals surface area contributed by atoms with Gasteiger partial charge in [-0.15, -0.1) is 0 Å². The number of halogens is 1. The van der Waals surface area contributed by atoms with Crippen molar-refractivity contribution >= 4 is 17.4 Å². The first kappa shape index (κ1) is 20.5. The predicted octanol–water partition coefficient (Wildman–Crippen LogP) is 3.86. The number of carbonyl (C=O) groups excluding carboxylic acids is 1. The molecule has 1 aliphatic heterocycles. The first-order valence-electron chi connectivity index (χ1n) is 9.95. The van der Waals surface area contributed by atoms with Gasteiger partial charge in [0.05, 0.1) is 16.2 Å². The van der Waals surface area contributed by atoms with Gasteiger partial charge in [-0.2, -0.15) is 0 Å². The molecule has 0 saturated carbocycles. The Hall–Kier alpha value is -3.75. The van der Waals surface area contributed by atoms with Crippen molar-refractivity contribution < 1.29 is 14.1 Å². The van der Waals surface area contributed by atoms with Gasteiger partial charge in [-0.25, -0.2) is 9.37 Å². The Morgan fingerprint density at radius 3 is 2.71 bits per heavy atom. The number of rotatable bonds is 5. The molecule has 1 saturated heterocycles. The zero-order valence-corrected chi connectivity index (χ0v) is 17.2. The van der Waals surface area contributed by atoms with Crippen molar-refractivity contribution in [3.8, 4) is 5.69 Å². The summed E-state index contributed by atoms with van der Waals surface area (Å²) in [5, 5.41) is 14.0. The highest BCUT2D eigenvalue weighted by molar-refractivity contribution is 5.96. The number of para-hydroxylation sites is 1. The van der Waals surface area contributed by atoms with Crippen molar-refractivity contribution in [1.82, 2.24) is 14.5 Å². The van der Waals surface area contributed by atoms with Crippen molar-refractivity contribution in [2.24, 2.45) is 0 Å². The monoisotopic (exact) mass is 423 g/mol. The third kappa shape index (κ3) is 3.98. The molecule has 4 rings (SSSR count). The molecule has 0 bridgehead atoms. The number of nitro groups is 1. The second-order valence-corrected chi connectivity index (χ2v) is 7.61. The highest BCUT2D eigenvalue weighted by atomic mass is 19.1. The minimum absolute atomic E-state index is 0.00652. The fourth-order valence-electron chi connectivity index (χ4n) is 4.00. The SMILES string of the molecule is Cc1cc(C(=O)N2CCC(Nc3ccc([N+](=O)[O-])cn3)C2)c(C)n1-c1ccccc1F. The van der Waals surface area contributed by atoms with E-state index in [-0.39, 0.29) is 23.5 Å². The number of likely N-dealkylation sites (tertiary alicyclic amines) is 1. The number of hydrogen-bond acceptors (Lipinski definition) is 5. The van der Waals surface area contributed by atoms with Crippen LogP contribution in [-0.2, 0) is 0 Å². The van der Waals surface area contributed by atoms with Gasteiger partial charge < -0.3 is 14.8 Å². The second-order valence-electron chi connectivity index (χ2n) is 7.61. The summed E-state index contributed by atoms with van der Waals surface area (Å²) in [6.07, 6.45) is 1.94. The van der Waals surface area contributed by atoms with E-state index in [4.69, 9.17) is 0 Å². The molecular weight excluding hydrogens is 401 g/mol. The van der Waals surface area contributed by atoms with Crippen molar-refractivity contribution in [1.29, 1.82) is 0 Å². The highest BCUT2D eigenvalue weighted by Gasteiger charge is 2.29. The number of aromatic nitrogens is 2. The number of amides is 1. The van der Waals surface area contributed by atoms with Crippen LogP contribution in [0.3, 0.4) is 0 Å². The van der Waals surface area contributed by atoms with Gasteiger partial charge in [0.15, 0.2) is 0 Å². The van der Waals surface area contributed by atoms with E-state index in [2.05, 4.69) is 10.3 Å². The Morgan fingerprint density at radius 2 is 2.03 bits per heavy atom. The van der Waals surface area contributed by atoms with E-state index < -0.39 is 4.92 Å². The highest BCUT2D eigenvalue weighted by Crippen LogP contribution is 2.25. The molecule has 8 nitrogen and oxygen atoms in total. The van der Waals surface area contributed by atoms with Crippen LogP contribution < -0.4 is 5.32 Å². The van der Waals surface area contributed by atoms with E-state index in [1.807, 2.05) is 13.8 Å². The topological polar surface area (TPSA) is 93.3 Å². The summed E-state index contributed by atoms with van der Waals surface area (Å²) >= 11 is 0. The van der Waals surface area contributed by atoms with Gasteiger partial charge in [0, 0.05) is 36.6 Å². The van der Waals surface area contributed by atoms with Crippen LogP contribution in [0.25, 0.3) is 5.69 Å². The van der Waals surface area contributed by atoms with Gasteiger partial charge in [0.25, 0.3) is 11.6 Å². The van der Waals surface area contributed by atoms with Gasteiger partial charge in [-0.3, -0.25) is 14.9 Å². The number of carbonyl (C=O) groups is 1. The molecule has 0 radical (unpaired) electrons. The molecule has 3 heterocycles. The molecule has 3 aromatic rings. The number of benzene rings is 1. The normalized spacial score (nSPS) is 15.8. The van der Waals surface area contributed by atoms with Crippen LogP contribution in [-0.4, -0.2) is 44.4 Å². The average Bonchev–Trinajstić information content (AvgIpc) is 3.33. The summed E-state index contributed by atoms with van der Waals surface area (Å²) in [5.74, 6) is 0.0867. The molecule has 1 atom stereocenters. The zero-order chi connectivity index (χ0) is 22.1. The molecule has 9 heteroatoms. The molecule has 1 N–H and O–H groups in total. The number of nitrogens with one attached hydrogen (secondary N) is 1. The number of pyridine rings is 1. The molecule has 1 unspecified atom stereocenters. The minimum atomic E-state index is -0.496. The van der Waals surface area contributed by atoms with E-state index in [0.29, 0.717) is 35.9 Å². The Kier molecular flexibility index (Phi) is 5.41. The lowest BCUT2D eigenvalue weighted by atomic mass is 10.2. The lowest BCUT2D eigenvalue weighted by molar-refractivity contribution is -0.385. The van der Waals surface area contributed by atoms with Crippen LogP contribution in [0.1, 0.15) is 28.2 Å². The molecule has 0 aliphatic carbocycles. The minimum Gasteiger partial charge on any atom is -0.365 e. The Balaban J connectivity index is 1.48. The number of nitrogens with zero attached hydrogens (tertiary/aromatic N) is 4. The van der Waals surface area contributed by atoms with Crippen LogP contribution in [0.5, 0.6) is 0 Å². The van der Waals surface area contributed by atoms with Crippen molar-refractivity contribution in [3.05, 3.63) is 81.5 Å². The maximum Gasteiger partial charge on any atom is 0.287 e. The van der Waals surface area contributed by atoms with E-state index in [0.717, 1.165) is 12.1 Å². The molecule has 160 valence electrons. The number of anilines is 1. The molecule has 1 aliphatic rings. The molecule has 0 spiro atoms. The van der Waals surface area contributed by atoms with E-state index in [1.54, 1.807) is 39.8 Å². The maximum atomic E-state index is 14.3. The van der Waals surface area contributed by atoms with Gasteiger partial charge in [-0.05, 0) is 44.5 Å². The van der Waals surface area contributed by atoms with Crippen molar-refractivity contribution in [2.75, 3.05) is 18.4 Å². The van der Waals surface area contributed by atoms with Crippen LogP contribution in [0.2, 0.25) is 0 Å². The summed E-state index contributed by atoms with van der Waals surface area (Å²) in [7, 11) is 0. The average molecular weight is 423 g/mol. The lowest BCUT2D eigenvalue weighted by Crippen LogP contribution is -2.32. The number of aryl methyl sites for hydroxylation is 1. The Morgan fingerprint density at radius 1 is 1.26 bits per heavy atom. The van der Waals surface area contributed by atoms with E-state index >= 15 is 0 Å². The quantitative estimate of drug-likeness (QED) is 0.497. The van der Waals surface area contributed by atoms with Crippen LogP contribution in [0.4, 0.5) is 15.9 Å². The van der Waals surface area contributed by atoms with Crippen molar-refractivity contribution in [3.63, 3.8) is 0 Å². The third-order valence-corrected chi connectivity index (χ3v) is 5.54. The third-order valence-electron chi connectivity index (χ3n) is 5.54. The van der Waals surface area contributed by atoms with Gasteiger partial charge in [0.1, 0.15) is 17.8 Å². The Labute approximate surface area is 178 Å². The predicted molar refractivity (Wildman–Crippen MR) is 114 cm³/mol. The standard InChI is InChI=1S/C22H22FN5O3/c1-14-11-18(15(2)27(14)20-6-4-3-5-19(20)23)22(29)26-10-9-16(13-26)25-21-8-7-17(12-24-21)28(30)31/h3-8,11-12,16H,9-10,13H2,1-2H3,(H,24,25). The van der Waals surface area contributed by atoms with Gasteiger partial charge in [-0.1, -0.05) is 12.1 Å². The molecule has 1 amide bonds. The van der Waals surface area contributed by atoms with Crippen LogP contribution in [0, 0.1) is 29.8 Å². The molecule has 31 heavy (non-hydrogen) atoms. The van der Waals surface area contributed by atoms with Gasteiger partial charge >= 0.3 is 0 Å². The first-order chi connectivity index (χ1) is 14.8. The fourth-order valence-corrected chi connectivity index (χ4v) is 4.00. The molecular formula is C22H22FN5O3. The fraction of sp³-hybridized carbons (Fsp3) is 0.273. The van der Waals surface area contributed by atoms with E-state index in [1.165, 1.54) is 18.3 Å². The summed E-state index contributed by atoms with van der Waals surface area (Å²) in [6, 6.07) is 11.2. The second kappa shape index (κ2) is 8.17. The zero-order valence-electron chi connectivity index (χ0n) is 17.2. The Bertz CT molecular complexity index is 1140. The van der Waals surface area contributed by atoms with Gasteiger partial charge in [0.2, 0.25) is 0 Å². The first-order valence-corrected chi connectivity index (χ1v) is 9.95. The number of hydrogen-bond donors (Lipinski definition) is 1. The molecule has 1 fully saturated rings. The molecule has 1 aromatic carbocycles. The summed E-state index contributed by atoms with van der Waals surface area (Å²) in [6.45, 7) is 4.73. The maximum absolute atomic E-state index is 14.3. The van der Waals surface area contributed by atoms with Crippen molar-refractivity contribution in [2.45, 2.75) is 26.3 Å². The van der Waals surface area contributed by atoms with Crippen LogP contribution >= 0.6 is 0 Å². The lowest BCUT2D eigenvalue weighted by Gasteiger charge is -2.18. The van der Waals surface area contributed by atoms with Crippen LogP contribution in [0.15, 0.2) is 48.7 Å². The smallest absolute Gasteiger partial charge is 0.287 e.